The van der Waals surface area contributed by atoms with Gasteiger partial charge in [0.15, 0.2) is 0 Å². The van der Waals surface area contributed by atoms with Crippen molar-refractivity contribution in [3.63, 3.8) is 0 Å². The van der Waals surface area contributed by atoms with Crippen LogP contribution in [0.1, 0.15) is 25.8 Å². The molecule has 0 saturated carbocycles. The first-order chi connectivity index (χ1) is 12.1. The molecule has 0 saturated heterocycles. The summed E-state index contributed by atoms with van der Waals surface area (Å²) in [5.74, 6) is 0.0687. The summed E-state index contributed by atoms with van der Waals surface area (Å²) in [6, 6.07) is 12.2. The molecule has 2 N–H and O–H groups in total. The summed E-state index contributed by atoms with van der Waals surface area (Å²) in [4.78, 5) is 11.5. The van der Waals surface area contributed by atoms with E-state index in [-0.39, 0.29) is 11.8 Å². The van der Waals surface area contributed by atoms with Gasteiger partial charge in [-0.05, 0) is 0 Å². The number of nitrogens with one attached hydrogen (secondary N) is 2. The summed E-state index contributed by atoms with van der Waals surface area (Å²) in [5.41, 5.74) is 3.07. The lowest BCUT2D eigenvalue weighted by Crippen LogP contribution is -2.34. The number of carbonyl (C=O) groups is 1. The minimum atomic E-state index is 0.00282. The first-order valence-electron chi connectivity index (χ1n) is 8.59. The van der Waals surface area contributed by atoms with Crippen molar-refractivity contribution in [3.8, 4) is 17.3 Å². The van der Waals surface area contributed by atoms with E-state index in [2.05, 4.69) is 21.8 Å². The molecule has 1 amide bonds. The van der Waals surface area contributed by atoms with E-state index in [0.29, 0.717) is 32.6 Å². The summed E-state index contributed by atoms with van der Waals surface area (Å²) in [6.07, 6.45) is 2.42. The van der Waals surface area contributed by atoms with Crippen LogP contribution in [0.15, 0.2) is 36.5 Å². The Labute approximate surface area is 148 Å². The maximum Gasteiger partial charge on any atom is 0.222 e. The summed E-state index contributed by atoms with van der Waals surface area (Å²) >= 11 is 0. The summed E-state index contributed by atoms with van der Waals surface area (Å²) in [7, 11) is 0. The average molecular weight is 339 g/mol. The van der Waals surface area contributed by atoms with Crippen molar-refractivity contribution in [2.45, 2.75) is 33.4 Å². The number of benzene rings is 1. The maximum atomic E-state index is 11.5. The number of nitrogens with zero attached hydrogens (tertiary/aromatic N) is 3. The lowest BCUT2D eigenvalue weighted by Gasteiger charge is -2.08. The molecule has 1 aromatic carbocycles. The SMILES string of the molecule is CC(C)C(=O)NCCNCc1cn(CCC#N)nc1-c1ccccc1. The van der Waals surface area contributed by atoms with Crippen LogP contribution in [0.3, 0.4) is 0 Å². The highest BCUT2D eigenvalue weighted by Crippen LogP contribution is 2.21. The molecule has 0 radical (unpaired) electrons. The fraction of sp³-hybridized carbons (Fsp3) is 0.421. The van der Waals surface area contributed by atoms with Gasteiger partial charge in [0.1, 0.15) is 0 Å². The van der Waals surface area contributed by atoms with Crippen LogP contribution >= 0.6 is 0 Å². The smallest absolute Gasteiger partial charge is 0.222 e. The van der Waals surface area contributed by atoms with Gasteiger partial charge in [-0.15, -0.1) is 0 Å². The first kappa shape index (κ1) is 18.7. The third-order valence-electron chi connectivity index (χ3n) is 3.78. The highest BCUT2D eigenvalue weighted by molar-refractivity contribution is 5.77. The number of rotatable bonds is 9. The maximum absolute atomic E-state index is 11.5. The largest absolute Gasteiger partial charge is 0.355 e. The van der Waals surface area contributed by atoms with E-state index < -0.39 is 0 Å². The molecule has 0 aliphatic carbocycles. The van der Waals surface area contributed by atoms with Gasteiger partial charge in [0.25, 0.3) is 0 Å². The van der Waals surface area contributed by atoms with Gasteiger partial charge in [0.2, 0.25) is 5.91 Å². The first-order valence-corrected chi connectivity index (χ1v) is 8.59. The lowest BCUT2D eigenvalue weighted by atomic mass is 10.1. The molecule has 2 rings (SSSR count). The van der Waals surface area contributed by atoms with Crippen LogP contribution in [0, 0.1) is 17.2 Å². The average Bonchev–Trinajstić information content (AvgIpc) is 3.03. The fourth-order valence-electron chi connectivity index (χ4n) is 2.41. The van der Waals surface area contributed by atoms with E-state index in [9.17, 15) is 4.79 Å². The van der Waals surface area contributed by atoms with Crippen LogP contribution < -0.4 is 10.6 Å². The van der Waals surface area contributed by atoms with E-state index in [1.807, 2.05) is 55.1 Å². The van der Waals surface area contributed by atoms with Crippen LogP contribution in [0.25, 0.3) is 11.3 Å². The molecule has 0 spiro atoms. The van der Waals surface area contributed by atoms with Gasteiger partial charge in [-0.1, -0.05) is 44.2 Å². The predicted octanol–water partition coefficient (Wildman–Crippen LogP) is 2.33. The number of nitriles is 1. The Hall–Kier alpha value is -2.65. The zero-order valence-electron chi connectivity index (χ0n) is 14.8. The van der Waals surface area contributed by atoms with Gasteiger partial charge in [0.05, 0.1) is 24.7 Å². The van der Waals surface area contributed by atoms with Crippen molar-refractivity contribution in [1.82, 2.24) is 20.4 Å². The Balaban J connectivity index is 1.97. The topological polar surface area (TPSA) is 82.7 Å². The van der Waals surface area contributed by atoms with Gasteiger partial charge >= 0.3 is 0 Å². The third kappa shape index (κ3) is 5.73. The molecule has 1 heterocycles. The highest BCUT2D eigenvalue weighted by Gasteiger charge is 2.11. The monoisotopic (exact) mass is 339 g/mol. The molecule has 132 valence electrons. The zero-order valence-corrected chi connectivity index (χ0v) is 14.8. The van der Waals surface area contributed by atoms with E-state index >= 15 is 0 Å². The molecule has 0 atom stereocenters. The van der Waals surface area contributed by atoms with Gasteiger partial charge in [-0.3, -0.25) is 9.48 Å². The second-order valence-corrected chi connectivity index (χ2v) is 6.16. The van der Waals surface area contributed by atoms with Gasteiger partial charge in [-0.2, -0.15) is 10.4 Å². The molecular formula is C19H25N5O. The molecular weight excluding hydrogens is 314 g/mol. The summed E-state index contributed by atoms with van der Waals surface area (Å²) in [5, 5.41) is 19.6. The van der Waals surface area contributed by atoms with Crippen LogP contribution in [0.4, 0.5) is 0 Å². The van der Waals surface area contributed by atoms with Crippen molar-refractivity contribution >= 4 is 5.91 Å². The number of hydrogen-bond acceptors (Lipinski definition) is 4. The molecule has 0 bridgehead atoms. The second kappa shape index (κ2) is 9.60. The molecule has 1 aromatic heterocycles. The fourth-order valence-corrected chi connectivity index (χ4v) is 2.41. The highest BCUT2D eigenvalue weighted by atomic mass is 16.1. The summed E-state index contributed by atoms with van der Waals surface area (Å²) < 4.78 is 1.82. The number of aryl methyl sites for hydroxylation is 1. The second-order valence-electron chi connectivity index (χ2n) is 6.16. The Morgan fingerprint density at radius 3 is 2.72 bits per heavy atom. The minimum Gasteiger partial charge on any atom is -0.355 e. The number of amides is 1. The Morgan fingerprint density at radius 1 is 1.28 bits per heavy atom. The molecule has 0 aliphatic rings. The van der Waals surface area contributed by atoms with Crippen LogP contribution in [-0.4, -0.2) is 28.8 Å². The zero-order chi connectivity index (χ0) is 18.1. The molecule has 6 nitrogen and oxygen atoms in total. The van der Waals surface area contributed by atoms with Crippen molar-refractivity contribution in [1.29, 1.82) is 5.26 Å². The van der Waals surface area contributed by atoms with Crippen molar-refractivity contribution in [2.24, 2.45) is 5.92 Å². The van der Waals surface area contributed by atoms with Crippen molar-refractivity contribution in [2.75, 3.05) is 13.1 Å². The number of aromatic nitrogens is 2. The van der Waals surface area contributed by atoms with Gasteiger partial charge in [0, 0.05) is 42.9 Å². The molecule has 25 heavy (non-hydrogen) atoms. The Morgan fingerprint density at radius 2 is 2.04 bits per heavy atom. The Kier molecular flexibility index (Phi) is 7.17. The van der Waals surface area contributed by atoms with Crippen LogP contribution in [-0.2, 0) is 17.9 Å². The quantitative estimate of drug-likeness (QED) is 0.687. The van der Waals surface area contributed by atoms with Crippen molar-refractivity contribution < 1.29 is 4.79 Å². The standard InChI is InChI=1S/C19H25N5O/c1-15(2)19(25)22-11-10-21-13-17-14-24(12-6-9-20)23-18(17)16-7-4-3-5-8-16/h3-5,7-8,14-15,21H,6,10-13H2,1-2H3,(H,22,25). The minimum absolute atomic E-state index is 0.00282. The normalized spacial score (nSPS) is 10.6. The Bertz CT molecular complexity index is 715. The lowest BCUT2D eigenvalue weighted by molar-refractivity contribution is -0.123. The molecule has 0 unspecified atom stereocenters. The van der Waals surface area contributed by atoms with E-state index in [1.165, 1.54) is 0 Å². The van der Waals surface area contributed by atoms with Crippen molar-refractivity contribution in [3.05, 3.63) is 42.1 Å². The van der Waals surface area contributed by atoms with Crippen LogP contribution in [0.5, 0.6) is 0 Å². The molecule has 0 fully saturated rings. The van der Waals surface area contributed by atoms with Gasteiger partial charge in [-0.25, -0.2) is 0 Å². The number of carbonyl (C=O) groups excluding carboxylic acids is 1. The van der Waals surface area contributed by atoms with Crippen LogP contribution in [0.2, 0.25) is 0 Å². The number of hydrogen-bond donors (Lipinski definition) is 2. The van der Waals surface area contributed by atoms with Gasteiger partial charge < -0.3 is 10.6 Å². The molecule has 6 heteroatoms. The van der Waals surface area contributed by atoms with E-state index in [0.717, 1.165) is 16.8 Å². The third-order valence-corrected chi connectivity index (χ3v) is 3.78. The molecule has 0 aliphatic heterocycles. The summed E-state index contributed by atoms with van der Waals surface area (Å²) in [6.45, 7) is 6.29. The van der Waals surface area contributed by atoms with E-state index in [1.54, 1.807) is 0 Å². The predicted molar refractivity (Wildman–Crippen MR) is 97.4 cm³/mol. The van der Waals surface area contributed by atoms with E-state index in [4.69, 9.17) is 5.26 Å². The molecule has 2 aromatic rings.